The first-order valence-corrected chi connectivity index (χ1v) is 9.16. The highest BCUT2D eigenvalue weighted by atomic mass is 16.6. The second-order valence-electron chi connectivity index (χ2n) is 7.26. The van der Waals surface area contributed by atoms with Crippen LogP contribution in [-0.4, -0.2) is 25.7 Å². The molecule has 2 aliphatic carbocycles. The highest BCUT2D eigenvalue weighted by Crippen LogP contribution is 2.44. The summed E-state index contributed by atoms with van der Waals surface area (Å²) in [6.07, 6.45) is 5.49. The summed E-state index contributed by atoms with van der Waals surface area (Å²) in [6.45, 7) is 1.78. The largest absolute Gasteiger partial charge is 0.486 e. The van der Waals surface area contributed by atoms with Gasteiger partial charge in [0.25, 0.3) is 0 Å². The van der Waals surface area contributed by atoms with Gasteiger partial charge in [-0.05, 0) is 61.8 Å². The molecule has 0 radical (unpaired) electrons. The monoisotopic (exact) mass is 330 g/mol. The standard InChI is InChI=1S/C19H26N2O3/c20-11-14-2-1-3-15(14)19(22)21-18(12-4-5-12)13-6-7-16-17(10-13)24-9-8-23-16/h6-7,10,12,14-15,18H,1-5,8-9,11,20H2,(H,21,22)/t14-,15-,18?/m1/s1. The fourth-order valence-corrected chi connectivity index (χ4v) is 4.08. The molecule has 3 atom stereocenters. The number of carbonyl (C=O) groups excluding carboxylic acids is 1. The van der Waals surface area contributed by atoms with Crippen LogP contribution in [0.5, 0.6) is 11.5 Å². The molecule has 24 heavy (non-hydrogen) atoms. The van der Waals surface area contributed by atoms with Crippen LogP contribution in [-0.2, 0) is 4.79 Å². The van der Waals surface area contributed by atoms with Crippen LogP contribution in [0.15, 0.2) is 18.2 Å². The molecular formula is C19H26N2O3. The summed E-state index contributed by atoms with van der Waals surface area (Å²) < 4.78 is 11.3. The zero-order valence-corrected chi connectivity index (χ0v) is 14.0. The minimum Gasteiger partial charge on any atom is -0.486 e. The van der Waals surface area contributed by atoms with Gasteiger partial charge in [0.15, 0.2) is 11.5 Å². The van der Waals surface area contributed by atoms with Crippen LogP contribution >= 0.6 is 0 Å². The number of benzene rings is 1. The number of amides is 1. The van der Waals surface area contributed by atoms with Gasteiger partial charge in [0.05, 0.1) is 6.04 Å². The summed E-state index contributed by atoms with van der Waals surface area (Å²) in [7, 11) is 0. The van der Waals surface area contributed by atoms with E-state index in [-0.39, 0.29) is 17.9 Å². The van der Waals surface area contributed by atoms with E-state index >= 15 is 0 Å². The molecule has 0 spiro atoms. The molecular weight excluding hydrogens is 304 g/mol. The Morgan fingerprint density at radius 1 is 1.17 bits per heavy atom. The van der Waals surface area contributed by atoms with Gasteiger partial charge in [0, 0.05) is 5.92 Å². The number of ether oxygens (including phenoxy) is 2. The van der Waals surface area contributed by atoms with Crippen molar-refractivity contribution in [3.8, 4) is 11.5 Å². The normalized spacial score (nSPS) is 26.9. The van der Waals surface area contributed by atoms with Gasteiger partial charge >= 0.3 is 0 Å². The molecule has 3 N–H and O–H groups in total. The van der Waals surface area contributed by atoms with Crippen molar-refractivity contribution in [2.75, 3.05) is 19.8 Å². The molecule has 5 heteroatoms. The van der Waals surface area contributed by atoms with E-state index in [0.29, 0.717) is 31.6 Å². The van der Waals surface area contributed by atoms with Crippen LogP contribution in [0.4, 0.5) is 0 Å². The molecule has 1 amide bonds. The van der Waals surface area contributed by atoms with Crippen LogP contribution in [0.3, 0.4) is 0 Å². The molecule has 0 saturated heterocycles. The summed E-state index contributed by atoms with van der Waals surface area (Å²) in [5.74, 6) is 2.71. The second-order valence-corrected chi connectivity index (χ2v) is 7.26. The van der Waals surface area contributed by atoms with Crippen molar-refractivity contribution in [3.63, 3.8) is 0 Å². The smallest absolute Gasteiger partial charge is 0.223 e. The van der Waals surface area contributed by atoms with E-state index in [1.165, 1.54) is 12.8 Å². The van der Waals surface area contributed by atoms with E-state index in [0.717, 1.165) is 36.3 Å². The number of hydrogen-bond acceptors (Lipinski definition) is 4. The third-order valence-electron chi connectivity index (χ3n) is 5.62. The first-order chi connectivity index (χ1) is 11.8. The molecule has 4 rings (SSSR count). The summed E-state index contributed by atoms with van der Waals surface area (Å²) in [5, 5.41) is 3.32. The summed E-state index contributed by atoms with van der Waals surface area (Å²) in [5.41, 5.74) is 6.96. The lowest BCUT2D eigenvalue weighted by Crippen LogP contribution is -2.38. The Kier molecular flexibility index (Phi) is 4.35. The third kappa shape index (κ3) is 3.09. The van der Waals surface area contributed by atoms with Gasteiger partial charge in [0.1, 0.15) is 13.2 Å². The number of carbonyl (C=O) groups is 1. The zero-order chi connectivity index (χ0) is 16.5. The van der Waals surface area contributed by atoms with E-state index in [2.05, 4.69) is 11.4 Å². The number of nitrogens with two attached hydrogens (primary N) is 1. The summed E-state index contributed by atoms with van der Waals surface area (Å²) in [6, 6.07) is 6.13. The Morgan fingerprint density at radius 2 is 1.96 bits per heavy atom. The molecule has 1 aromatic rings. The van der Waals surface area contributed by atoms with Gasteiger partial charge in [0.2, 0.25) is 5.91 Å². The SMILES string of the molecule is NC[C@H]1CCC[C@H]1C(=O)NC(c1ccc2c(c1)OCCO2)C1CC1. The Morgan fingerprint density at radius 3 is 2.71 bits per heavy atom. The average molecular weight is 330 g/mol. The van der Waals surface area contributed by atoms with Crippen molar-refractivity contribution < 1.29 is 14.3 Å². The van der Waals surface area contributed by atoms with Gasteiger partial charge in [-0.3, -0.25) is 4.79 Å². The maximum atomic E-state index is 12.8. The third-order valence-corrected chi connectivity index (χ3v) is 5.62. The van der Waals surface area contributed by atoms with Crippen LogP contribution in [0.1, 0.15) is 43.7 Å². The molecule has 0 bridgehead atoms. The fourth-order valence-electron chi connectivity index (χ4n) is 4.08. The van der Waals surface area contributed by atoms with Gasteiger partial charge in [-0.1, -0.05) is 12.5 Å². The topological polar surface area (TPSA) is 73.6 Å². The Balaban J connectivity index is 1.51. The van der Waals surface area contributed by atoms with Crippen LogP contribution in [0.2, 0.25) is 0 Å². The number of nitrogens with one attached hydrogen (secondary N) is 1. The lowest BCUT2D eigenvalue weighted by molar-refractivity contribution is -0.126. The average Bonchev–Trinajstić information content (AvgIpc) is 3.34. The maximum Gasteiger partial charge on any atom is 0.223 e. The first kappa shape index (κ1) is 15.8. The van der Waals surface area contributed by atoms with Crippen molar-refractivity contribution in [1.29, 1.82) is 0 Å². The fraction of sp³-hybridized carbons (Fsp3) is 0.632. The number of hydrogen-bond donors (Lipinski definition) is 2. The first-order valence-electron chi connectivity index (χ1n) is 9.16. The summed E-state index contributed by atoms with van der Waals surface area (Å²) in [4.78, 5) is 12.8. The van der Waals surface area contributed by atoms with E-state index < -0.39 is 0 Å². The number of fused-ring (bicyclic) bond motifs is 1. The Hall–Kier alpha value is -1.75. The summed E-state index contributed by atoms with van der Waals surface area (Å²) >= 11 is 0. The highest BCUT2D eigenvalue weighted by Gasteiger charge is 2.38. The highest BCUT2D eigenvalue weighted by molar-refractivity contribution is 5.80. The Labute approximate surface area is 142 Å². The molecule has 5 nitrogen and oxygen atoms in total. The maximum absolute atomic E-state index is 12.8. The second kappa shape index (κ2) is 6.63. The predicted molar refractivity (Wildman–Crippen MR) is 90.9 cm³/mol. The van der Waals surface area contributed by atoms with E-state index in [1.807, 2.05) is 12.1 Å². The van der Waals surface area contributed by atoms with E-state index in [1.54, 1.807) is 0 Å². The molecule has 1 aromatic carbocycles. The van der Waals surface area contributed by atoms with Crippen molar-refractivity contribution in [2.24, 2.45) is 23.5 Å². The van der Waals surface area contributed by atoms with Crippen molar-refractivity contribution in [1.82, 2.24) is 5.32 Å². The Bertz CT molecular complexity index is 615. The minimum atomic E-state index is 0.0763. The van der Waals surface area contributed by atoms with E-state index in [9.17, 15) is 4.79 Å². The van der Waals surface area contributed by atoms with Crippen LogP contribution in [0.25, 0.3) is 0 Å². The van der Waals surface area contributed by atoms with Gasteiger partial charge < -0.3 is 20.5 Å². The van der Waals surface area contributed by atoms with Crippen LogP contribution in [0, 0.1) is 17.8 Å². The molecule has 1 unspecified atom stereocenters. The van der Waals surface area contributed by atoms with Gasteiger partial charge in [-0.2, -0.15) is 0 Å². The molecule has 3 aliphatic rings. The lowest BCUT2D eigenvalue weighted by Gasteiger charge is -2.25. The number of rotatable bonds is 5. The van der Waals surface area contributed by atoms with Crippen molar-refractivity contribution in [2.45, 2.75) is 38.1 Å². The van der Waals surface area contributed by atoms with Crippen molar-refractivity contribution in [3.05, 3.63) is 23.8 Å². The lowest BCUT2D eigenvalue weighted by atomic mass is 9.93. The molecule has 2 fully saturated rings. The van der Waals surface area contributed by atoms with E-state index in [4.69, 9.17) is 15.2 Å². The molecule has 130 valence electrons. The molecule has 2 saturated carbocycles. The quantitative estimate of drug-likeness (QED) is 0.869. The zero-order valence-electron chi connectivity index (χ0n) is 14.0. The van der Waals surface area contributed by atoms with Crippen LogP contribution < -0.4 is 20.5 Å². The minimum absolute atomic E-state index is 0.0763. The molecule has 0 aromatic heterocycles. The molecule has 1 heterocycles. The van der Waals surface area contributed by atoms with Gasteiger partial charge in [-0.15, -0.1) is 0 Å². The van der Waals surface area contributed by atoms with Crippen molar-refractivity contribution >= 4 is 5.91 Å². The van der Waals surface area contributed by atoms with Gasteiger partial charge in [-0.25, -0.2) is 0 Å². The molecule has 1 aliphatic heterocycles. The predicted octanol–water partition coefficient (Wildman–Crippen LogP) is 2.40.